The number of carbonyl (C=O) groups excluding carboxylic acids is 1. The van der Waals surface area contributed by atoms with Crippen molar-refractivity contribution in [3.8, 4) is 11.9 Å². The molecule has 2 aromatic heterocycles. The summed E-state index contributed by atoms with van der Waals surface area (Å²) in [5, 5.41) is 20.2. The summed E-state index contributed by atoms with van der Waals surface area (Å²) in [4.78, 5) is 22.2. The number of amides is 1. The summed E-state index contributed by atoms with van der Waals surface area (Å²) in [7, 11) is 0. The molecule has 2 saturated heterocycles. The largest absolute Gasteiger partial charge is 0.370 e. The van der Waals surface area contributed by atoms with Gasteiger partial charge in [0.2, 0.25) is 5.91 Å². The van der Waals surface area contributed by atoms with E-state index in [4.69, 9.17) is 10.00 Å². The first-order chi connectivity index (χ1) is 17.5. The minimum absolute atomic E-state index is 0.0147. The Hall–Kier alpha value is -3.82. The normalized spacial score (nSPS) is 23.7. The van der Waals surface area contributed by atoms with E-state index in [2.05, 4.69) is 25.4 Å². The number of aromatic nitrogens is 5. The zero-order valence-corrected chi connectivity index (χ0v) is 19.2. The summed E-state index contributed by atoms with van der Waals surface area (Å²) in [6.07, 6.45) is 2.30. The van der Waals surface area contributed by atoms with Crippen LogP contribution in [0.25, 0.3) is 5.82 Å². The molecule has 0 radical (unpaired) electrons. The second-order valence-corrected chi connectivity index (χ2v) is 9.24. The Morgan fingerprint density at radius 1 is 1.14 bits per heavy atom. The third kappa shape index (κ3) is 3.81. The molecule has 2 fully saturated rings. The number of fused-ring (bicyclic) bond motifs is 2. The van der Waals surface area contributed by atoms with E-state index < -0.39 is 23.3 Å². The van der Waals surface area contributed by atoms with E-state index in [0.717, 1.165) is 17.3 Å². The zero-order chi connectivity index (χ0) is 24.8. The number of aryl methyl sites for hydroxylation is 1. The monoisotopic (exact) mass is 492 g/mol. The number of hydrogen-bond acceptors (Lipinski definition) is 8. The van der Waals surface area contributed by atoms with E-state index in [-0.39, 0.29) is 23.4 Å². The Labute approximate surface area is 205 Å². The van der Waals surface area contributed by atoms with Crippen molar-refractivity contribution in [3.63, 3.8) is 0 Å². The fraction of sp³-hybridized carbons (Fsp3) is 0.417. The molecule has 12 heteroatoms. The van der Waals surface area contributed by atoms with Crippen molar-refractivity contribution >= 4 is 5.91 Å². The van der Waals surface area contributed by atoms with Crippen LogP contribution in [0.2, 0.25) is 0 Å². The number of morpholine rings is 1. The summed E-state index contributed by atoms with van der Waals surface area (Å²) in [5.41, 5.74) is 1.42. The lowest BCUT2D eigenvalue weighted by molar-refractivity contribution is -0.141. The number of nitriles is 1. The molecule has 3 aliphatic rings. The Kier molecular flexibility index (Phi) is 5.66. The smallest absolute Gasteiger partial charge is 0.230 e. The number of halogens is 2. The van der Waals surface area contributed by atoms with Crippen molar-refractivity contribution in [2.45, 2.75) is 30.9 Å². The lowest BCUT2D eigenvalue weighted by Gasteiger charge is -2.46. The van der Waals surface area contributed by atoms with Gasteiger partial charge in [-0.3, -0.25) is 9.69 Å². The molecule has 3 unspecified atom stereocenters. The third-order valence-corrected chi connectivity index (χ3v) is 7.31. The average molecular weight is 492 g/mol. The molecule has 1 aromatic carbocycles. The molecular weight excluding hydrogens is 470 g/mol. The van der Waals surface area contributed by atoms with E-state index in [0.29, 0.717) is 51.4 Å². The van der Waals surface area contributed by atoms with E-state index in [9.17, 15) is 13.6 Å². The van der Waals surface area contributed by atoms with Crippen LogP contribution in [-0.2, 0) is 16.0 Å². The maximum Gasteiger partial charge on any atom is 0.230 e. The molecule has 1 aliphatic carbocycles. The molecule has 6 rings (SSSR count). The topological polar surface area (TPSA) is 113 Å². The molecule has 3 aromatic rings. The van der Waals surface area contributed by atoms with Gasteiger partial charge in [0.15, 0.2) is 5.82 Å². The third-order valence-electron chi connectivity index (χ3n) is 7.31. The lowest BCUT2D eigenvalue weighted by Crippen LogP contribution is -2.60. The van der Waals surface area contributed by atoms with E-state index in [1.54, 1.807) is 6.07 Å². The van der Waals surface area contributed by atoms with Gasteiger partial charge in [-0.2, -0.15) is 9.94 Å². The predicted molar refractivity (Wildman–Crippen MR) is 120 cm³/mol. The molecule has 0 N–H and O–H groups in total. The highest BCUT2D eigenvalue weighted by Gasteiger charge is 2.40. The molecule has 3 atom stereocenters. The minimum Gasteiger partial charge on any atom is -0.370 e. The van der Waals surface area contributed by atoms with Crippen LogP contribution in [0.3, 0.4) is 0 Å². The minimum atomic E-state index is -0.880. The van der Waals surface area contributed by atoms with Crippen molar-refractivity contribution in [2.24, 2.45) is 0 Å². The van der Waals surface area contributed by atoms with Crippen LogP contribution in [0.5, 0.6) is 0 Å². The number of pyridine rings is 1. The Morgan fingerprint density at radius 3 is 2.81 bits per heavy atom. The summed E-state index contributed by atoms with van der Waals surface area (Å²) in [6.45, 7) is 2.42. The number of piperazine rings is 1. The van der Waals surface area contributed by atoms with Gasteiger partial charge < -0.3 is 9.64 Å². The number of hydrogen-bond donors (Lipinski definition) is 0. The summed E-state index contributed by atoms with van der Waals surface area (Å²) >= 11 is 0. The fourth-order valence-corrected chi connectivity index (χ4v) is 5.42. The van der Waals surface area contributed by atoms with Gasteiger partial charge >= 0.3 is 0 Å². The fourth-order valence-electron chi connectivity index (χ4n) is 5.42. The number of rotatable bonds is 3. The van der Waals surface area contributed by atoms with E-state index in [1.165, 1.54) is 17.1 Å². The number of nitrogens with zero attached hydrogens (tertiary/aromatic N) is 8. The van der Waals surface area contributed by atoms with Gasteiger partial charge in [0, 0.05) is 37.4 Å². The number of ether oxygens (including phenoxy) is 1. The standard InChI is InChI=1S/C24H22F2N8O2/c25-19-4-1-17(23(26)18(19)9-27)21-11-32-7-8-33(10-14(32)12-36-21)24(35)16-2-5-20-15(16)3-6-22(29-20)34-13-28-30-31-34/h1,3-4,6,13-14,16,21H,2,5,7-8,10-12H2. The van der Waals surface area contributed by atoms with Crippen molar-refractivity contribution in [1.29, 1.82) is 5.26 Å². The van der Waals surface area contributed by atoms with Crippen LogP contribution in [0.1, 0.15) is 40.8 Å². The highest BCUT2D eigenvalue weighted by Crippen LogP contribution is 2.35. The molecule has 0 bridgehead atoms. The van der Waals surface area contributed by atoms with Gasteiger partial charge in [-0.15, -0.1) is 5.10 Å². The number of carbonyl (C=O) groups is 1. The average Bonchev–Trinajstić information content (AvgIpc) is 3.58. The lowest BCUT2D eigenvalue weighted by atomic mass is 9.98. The number of benzene rings is 1. The van der Waals surface area contributed by atoms with Crippen LogP contribution in [0.4, 0.5) is 8.78 Å². The maximum atomic E-state index is 14.7. The van der Waals surface area contributed by atoms with Crippen LogP contribution in [-0.4, -0.2) is 79.7 Å². The molecule has 0 saturated carbocycles. The zero-order valence-electron chi connectivity index (χ0n) is 19.2. The van der Waals surface area contributed by atoms with Gasteiger partial charge in [0.25, 0.3) is 0 Å². The predicted octanol–water partition coefficient (Wildman–Crippen LogP) is 1.52. The van der Waals surface area contributed by atoms with Crippen LogP contribution in [0.15, 0.2) is 30.6 Å². The second-order valence-electron chi connectivity index (χ2n) is 9.24. The maximum absolute atomic E-state index is 14.7. The van der Waals surface area contributed by atoms with Gasteiger partial charge in [-0.05, 0) is 41.0 Å². The molecule has 1 amide bonds. The second kappa shape index (κ2) is 9.00. The van der Waals surface area contributed by atoms with Crippen molar-refractivity contribution in [2.75, 3.05) is 32.8 Å². The van der Waals surface area contributed by atoms with Gasteiger partial charge in [0.05, 0.1) is 24.7 Å². The van der Waals surface area contributed by atoms with Crippen molar-refractivity contribution in [3.05, 3.63) is 64.6 Å². The summed E-state index contributed by atoms with van der Waals surface area (Å²) in [5.74, 6) is -1.29. The first kappa shape index (κ1) is 22.6. The Bertz CT molecular complexity index is 1360. The van der Waals surface area contributed by atoms with Crippen LogP contribution in [0, 0.1) is 23.0 Å². The molecule has 10 nitrogen and oxygen atoms in total. The van der Waals surface area contributed by atoms with Crippen molar-refractivity contribution < 1.29 is 18.3 Å². The summed E-state index contributed by atoms with van der Waals surface area (Å²) in [6, 6.07) is 7.77. The van der Waals surface area contributed by atoms with Crippen LogP contribution >= 0.6 is 0 Å². The molecule has 4 heterocycles. The molecule has 0 spiro atoms. The van der Waals surface area contributed by atoms with Crippen LogP contribution < -0.4 is 0 Å². The van der Waals surface area contributed by atoms with E-state index in [1.807, 2.05) is 17.0 Å². The molecule has 184 valence electrons. The van der Waals surface area contributed by atoms with E-state index >= 15 is 0 Å². The number of tetrazole rings is 1. The Balaban J connectivity index is 1.12. The highest BCUT2D eigenvalue weighted by molar-refractivity contribution is 5.85. The van der Waals surface area contributed by atoms with Gasteiger partial charge in [-0.25, -0.2) is 13.8 Å². The van der Waals surface area contributed by atoms with Crippen molar-refractivity contribution in [1.82, 2.24) is 35.0 Å². The van der Waals surface area contributed by atoms with Gasteiger partial charge in [-0.1, -0.05) is 12.1 Å². The summed E-state index contributed by atoms with van der Waals surface area (Å²) < 4.78 is 35.8. The molecular formula is C24H22F2N8O2. The van der Waals surface area contributed by atoms with Gasteiger partial charge in [0.1, 0.15) is 29.6 Å². The quantitative estimate of drug-likeness (QED) is 0.541. The highest BCUT2D eigenvalue weighted by atomic mass is 19.1. The molecule has 2 aliphatic heterocycles. The Morgan fingerprint density at radius 2 is 2.00 bits per heavy atom. The SMILES string of the molecule is N#Cc1c(F)ccc(C2CN3CCN(C(=O)C4CCc5nc(-n6cnnn6)ccc54)CC3CO2)c1F. The molecule has 36 heavy (non-hydrogen) atoms. The first-order valence-corrected chi connectivity index (χ1v) is 11.8. The first-order valence-electron chi connectivity index (χ1n) is 11.8.